The molecule has 1 atom stereocenters. The number of nitrogens with zero attached hydrogens (tertiary/aromatic N) is 1. The maximum absolute atomic E-state index is 12.2. The van der Waals surface area contributed by atoms with E-state index in [1.807, 2.05) is 42.5 Å². The monoisotopic (exact) mass is 363 g/mol. The Morgan fingerprint density at radius 1 is 1.11 bits per heavy atom. The van der Waals surface area contributed by atoms with Gasteiger partial charge < -0.3 is 15.2 Å². The van der Waals surface area contributed by atoms with Gasteiger partial charge in [-0.1, -0.05) is 30.3 Å². The number of hydrogen-bond donors (Lipinski definition) is 3. The number of phenols is 1. The van der Waals surface area contributed by atoms with Crippen molar-refractivity contribution >= 4 is 28.6 Å². The van der Waals surface area contributed by atoms with E-state index in [0.717, 1.165) is 16.5 Å². The zero-order valence-corrected chi connectivity index (χ0v) is 15.1. The van der Waals surface area contributed by atoms with Gasteiger partial charge in [-0.25, -0.2) is 5.43 Å². The Kier molecular flexibility index (Phi) is 5.56. The number of phenolic OH excluding ortho intramolecular Hbond substituents is 1. The predicted molar refractivity (Wildman–Crippen MR) is 107 cm³/mol. The van der Waals surface area contributed by atoms with Crippen molar-refractivity contribution in [3.05, 3.63) is 66.2 Å². The van der Waals surface area contributed by atoms with Crippen LogP contribution in [0.1, 0.15) is 12.5 Å². The standard InChI is InChI=1S/C21H21N3O3/c1-14(23-18-8-7-15-5-3-4-6-16(15)11-18)21(26)24-22-13-17-12-19(27-2)9-10-20(17)25/h3-14,23,25H,1-2H3,(H,24,26)/b22-13+/t14-/m0/s1. The second-order valence-corrected chi connectivity index (χ2v) is 6.09. The van der Waals surface area contributed by atoms with Crippen LogP contribution < -0.4 is 15.5 Å². The number of fused-ring (bicyclic) bond motifs is 1. The van der Waals surface area contributed by atoms with Gasteiger partial charge in [-0.2, -0.15) is 5.10 Å². The molecule has 1 amide bonds. The summed E-state index contributed by atoms with van der Waals surface area (Å²) in [6.45, 7) is 1.75. The maximum Gasteiger partial charge on any atom is 0.262 e. The van der Waals surface area contributed by atoms with Crippen molar-refractivity contribution in [2.45, 2.75) is 13.0 Å². The fraction of sp³-hybridized carbons (Fsp3) is 0.143. The summed E-state index contributed by atoms with van der Waals surface area (Å²) in [5, 5.41) is 19.1. The van der Waals surface area contributed by atoms with E-state index in [1.165, 1.54) is 19.4 Å². The molecule has 0 spiro atoms. The summed E-state index contributed by atoms with van der Waals surface area (Å²) in [6, 6.07) is 18.3. The van der Waals surface area contributed by atoms with Crippen LogP contribution in [-0.4, -0.2) is 30.4 Å². The number of nitrogens with one attached hydrogen (secondary N) is 2. The highest BCUT2D eigenvalue weighted by Crippen LogP contribution is 2.21. The molecular weight excluding hydrogens is 342 g/mol. The second kappa shape index (κ2) is 8.23. The summed E-state index contributed by atoms with van der Waals surface area (Å²) in [7, 11) is 1.54. The van der Waals surface area contributed by atoms with Crippen LogP contribution in [0.2, 0.25) is 0 Å². The third-order valence-electron chi connectivity index (χ3n) is 4.14. The minimum atomic E-state index is -0.484. The van der Waals surface area contributed by atoms with Crippen molar-refractivity contribution < 1.29 is 14.6 Å². The van der Waals surface area contributed by atoms with E-state index in [4.69, 9.17) is 4.74 Å². The fourth-order valence-corrected chi connectivity index (χ4v) is 2.62. The van der Waals surface area contributed by atoms with Gasteiger partial charge >= 0.3 is 0 Å². The number of hydrazone groups is 1. The number of hydrogen-bond acceptors (Lipinski definition) is 5. The van der Waals surface area contributed by atoms with E-state index in [-0.39, 0.29) is 11.7 Å². The molecular formula is C21H21N3O3. The van der Waals surface area contributed by atoms with E-state index in [9.17, 15) is 9.90 Å². The molecule has 0 aliphatic carbocycles. The first kappa shape index (κ1) is 18.3. The molecule has 6 nitrogen and oxygen atoms in total. The number of carbonyl (C=O) groups excluding carboxylic acids is 1. The Hall–Kier alpha value is -3.54. The van der Waals surface area contributed by atoms with Gasteiger partial charge in [0.1, 0.15) is 17.5 Å². The fourth-order valence-electron chi connectivity index (χ4n) is 2.62. The molecule has 138 valence electrons. The number of amides is 1. The van der Waals surface area contributed by atoms with Gasteiger partial charge in [-0.05, 0) is 48.0 Å². The molecule has 3 aromatic carbocycles. The zero-order valence-electron chi connectivity index (χ0n) is 15.1. The molecule has 6 heteroatoms. The first-order valence-corrected chi connectivity index (χ1v) is 8.52. The summed E-state index contributed by atoms with van der Waals surface area (Å²) in [6.07, 6.45) is 1.37. The molecule has 0 saturated heterocycles. The Morgan fingerprint density at radius 3 is 2.67 bits per heavy atom. The molecule has 0 heterocycles. The highest BCUT2D eigenvalue weighted by atomic mass is 16.5. The molecule has 3 N–H and O–H groups in total. The minimum Gasteiger partial charge on any atom is -0.507 e. The summed E-state index contributed by atoms with van der Waals surface area (Å²) in [4.78, 5) is 12.2. The summed E-state index contributed by atoms with van der Waals surface area (Å²) < 4.78 is 5.10. The van der Waals surface area contributed by atoms with Crippen LogP contribution in [0.25, 0.3) is 10.8 Å². The van der Waals surface area contributed by atoms with Gasteiger partial charge in [-0.3, -0.25) is 4.79 Å². The van der Waals surface area contributed by atoms with Crippen LogP contribution in [0.15, 0.2) is 65.8 Å². The smallest absolute Gasteiger partial charge is 0.262 e. The normalized spacial score (nSPS) is 12.1. The topological polar surface area (TPSA) is 83.0 Å². The number of anilines is 1. The van der Waals surface area contributed by atoms with Crippen LogP contribution in [-0.2, 0) is 4.79 Å². The number of rotatable bonds is 6. The van der Waals surface area contributed by atoms with E-state index in [2.05, 4.69) is 15.8 Å². The molecule has 27 heavy (non-hydrogen) atoms. The Bertz CT molecular complexity index is 985. The van der Waals surface area contributed by atoms with Crippen LogP contribution in [0.5, 0.6) is 11.5 Å². The lowest BCUT2D eigenvalue weighted by molar-refractivity contribution is -0.121. The van der Waals surface area contributed by atoms with E-state index in [0.29, 0.717) is 11.3 Å². The molecule has 0 aliphatic rings. The highest BCUT2D eigenvalue weighted by molar-refractivity contribution is 5.89. The quantitative estimate of drug-likeness (QED) is 0.462. The SMILES string of the molecule is COc1ccc(O)c(/C=N/NC(=O)[C@H](C)Nc2ccc3ccccc3c2)c1. The first-order valence-electron chi connectivity index (χ1n) is 8.52. The molecule has 0 saturated carbocycles. The van der Waals surface area contributed by atoms with Gasteiger partial charge in [-0.15, -0.1) is 0 Å². The number of carbonyl (C=O) groups is 1. The molecule has 0 aromatic heterocycles. The van der Waals surface area contributed by atoms with Crippen molar-refractivity contribution in [1.29, 1.82) is 0 Å². The lowest BCUT2D eigenvalue weighted by atomic mass is 10.1. The van der Waals surface area contributed by atoms with Crippen molar-refractivity contribution in [2.24, 2.45) is 5.10 Å². The summed E-state index contributed by atoms with van der Waals surface area (Å²) in [5.41, 5.74) is 3.77. The van der Waals surface area contributed by atoms with Crippen LogP contribution in [0, 0.1) is 0 Å². The Balaban J connectivity index is 1.61. The molecule has 0 bridgehead atoms. The van der Waals surface area contributed by atoms with Gasteiger partial charge in [0.05, 0.1) is 13.3 Å². The number of methoxy groups -OCH3 is 1. The maximum atomic E-state index is 12.2. The van der Waals surface area contributed by atoms with Crippen molar-refractivity contribution in [2.75, 3.05) is 12.4 Å². The molecule has 3 aromatic rings. The van der Waals surface area contributed by atoms with Gasteiger partial charge in [0.15, 0.2) is 0 Å². The third-order valence-corrected chi connectivity index (χ3v) is 4.14. The van der Waals surface area contributed by atoms with Gasteiger partial charge in [0, 0.05) is 11.3 Å². The summed E-state index contributed by atoms with van der Waals surface area (Å²) >= 11 is 0. The molecule has 3 rings (SSSR count). The number of ether oxygens (including phenoxy) is 1. The average Bonchev–Trinajstić information content (AvgIpc) is 2.69. The van der Waals surface area contributed by atoms with Crippen LogP contribution >= 0.6 is 0 Å². The second-order valence-electron chi connectivity index (χ2n) is 6.09. The van der Waals surface area contributed by atoms with Crippen molar-refractivity contribution in [1.82, 2.24) is 5.43 Å². The lowest BCUT2D eigenvalue weighted by Gasteiger charge is -2.14. The van der Waals surface area contributed by atoms with Crippen LogP contribution in [0.3, 0.4) is 0 Å². The number of aromatic hydroxyl groups is 1. The molecule has 0 fully saturated rings. The molecule has 0 unspecified atom stereocenters. The van der Waals surface area contributed by atoms with Crippen molar-refractivity contribution in [3.8, 4) is 11.5 Å². The van der Waals surface area contributed by atoms with Crippen molar-refractivity contribution in [3.63, 3.8) is 0 Å². The van der Waals surface area contributed by atoms with Gasteiger partial charge in [0.25, 0.3) is 5.91 Å². The molecule has 0 radical (unpaired) electrons. The average molecular weight is 363 g/mol. The van der Waals surface area contributed by atoms with Gasteiger partial charge in [0.2, 0.25) is 0 Å². The molecule has 0 aliphatic heterocycles. The van der Waals surface area contributed by atoms with E-state index >= 15 is 0 Å². The summed E-state index contributed by atoms with van der Waals surface area (Å²) in [5.74, 6) is 0.352. The minimum absolute atomic E-state index is 0.0520. The van der Waals surface area contributed by atoms with Crippen LogP contribution in [0.4, 0.5) is 5.69 Å². The lowest BCUT2D eigenvalue weighted by Crippen LogP contribution is -2.34. The first-order chi connectivity index (χ1) is 13.1. The highest BCUT2D eigenvalue weighted by Gasteiger charge is 2.12. The van der Waals surface area contributed by atoms with E-state index < -0.39 is 6.04 Å². The largest absolute Gasteiger partial charge is 0.507 e. The van der Waals surface area contributed by atoms with E-state index in [1.54, 1.807) is 19.1 Å². The third kappa shape index (κ3) is 4.55. The zero-order chi connectivity index (χ0) is 19.2. The Labute approximate surface area is 157 Å². The predicted octanol–water partition coefficient (Wildman–Crippen LogP) is 3.50. The Morgan fingerprint density at radius 2 is 1.89 bits per heavy atom. The number of benzene rings is 3.